The van der Waals surface area contributed by atoms with Gasteiger partial charge in [-0.15, -0.1) is 0 Å². The highest BCUT2D eigenvalue weighted by molar-refractivity contribution is 8.24. The Hall–Kier alpha value is 1.62. The molecule has 0 N–H and O–H groups in total. The maximum absolute atomic E-state index is 12.2. The van der Waals surface area contributed by atoms with Crippen LogP contribution in [0.15, 0.2) is 0 Å². The van der Waals surface area contributed by atoms with Gasteiger partial charge in [-0.2, -0.15) is 0 Å². The lowest BCUT2D eigenvalue weighted by Gasteiger charge is -2.10. The summed E-state index contributed by atoms with van der Waals surface area (Å²) >= 11 is 20.0. The van der Waals surface area contributed by atoms with Crippen LogP contribution in [0, 0.1) is 0 Å². The van der Waals surface area contributed by atoms with Gasteiger partial charge in [0, 0.05) is 12.3 Å². The normalized spacial score (nSPS) is 11.9. The second-order valence-electron chi connectivity index (χ2n) is 6.17. The van der Waals surface area contributed by atoms with Crippen molar-refractivity contribution in [3.05, 3.63) is 0 Å². The zero-order valence-electron chi connectivity index (χ0n) is 15.1. The first kappa shape index (κ1) is 27.8. The van der Waals surface area contributed by atoms with E-state index in [1.807, 2.05) is 0 Å². The largest absolute Gasteiger partial charge is 0.339 e. The van der Waals surface area contributed by atoms with Gasteiger partial charge in [-0.3, -0.25) is 4.57 Å². The average Bonchev–Trinajstić information content (AvgIpc) is 2.44. The molecule has 0 fully saturated rings. The Bertz CT molecular complexity index is 334. The van der Waals surface area contributed by atoms with Crippen molar-refractivity contribution in [2.75, 3.05) is 12.3 Å². The maximum atomic E-state index is 12.2. The van der Waals surface area contributed by atoms with Crippen molar-refractivity contribution in [2.45, 2.75) is 90.9 Å². The Balaban J connectivity index is 0. The molecule has 0 aliphatic rings. The summed E-state index contributed by atoms with van der Waals surface area (Å²) in [6, 6.07) is 0. The Morgan fingerprint density at radius 3 is 1.08 bits per heavy atom. The van der Waals surface area contributed by atoms with Crippen molar-refractivity contribution in [1.29, 1.82) is 0 Å². The van der Waals surface area contributed by atoms with Gasteiger partial charge in [0.2, 0.25) is 0 Å². The third-order valence-electron chi connectivity index (χ3n) is 3.69. The van der Waals surface area contributed by atoms with Crippen LogP contribution in [0.1, 0.15) is 90.9 Å². The van der Waals surface area contributed by atoms with Crippen LogP contribution in [0.25, 0.3) is 0 Å². The predicted octanol–water partition coefficient (Wildman–Crippen LogP) is 10.0. The lowest BCUT2D eigenvalue weighted by molar-refractivity contribution is 0.571. The fourth-order valence-corrected chi connectivity index (χ4v) is 4.70. The minimum atomic E-state index is -3.22. The van der Waals surface area contributed by atoms with Gasteiger partial charge in [0.15, 0.2) is 6.49 Å². The first-order chi connectivity index (χ1) is 11.1. The molecule has 0 spiro atoms. The van der Waals surface area contributed by atoms with Crippen LogP contribution in [-0.4, -0.2) is 12.3 Å². The molecule has 0 aromatic rings. The summed E-state index contributed by atoms with van der Waals surface area (Å²) in [5.74, 6) is 0. The summed E-state index contributed by atoms with van der Waals surface area (Å²) in [5.41, 5.74) is 0. The molecule has 0 bridgehead atoms. The standard InChI is InChI=1S/C16H34ClOP.Cl3OP/c1-3-5-7-9-11-13-15-19(17,18)16-14-12-10-8-6-4-2;1-5(2,3)4/h3-16H2,1-2H3;. The molecule has 0 aliphatic carbocycles. The zero-order chi connectivity index (χ0) is 18.9. The Morgan fingerprint density at radius 2 is 0.792 bits per heavy atom. The molecule has 0 unspecified atom stereocenters. The van der Waals surface area contributed by atoms with Gasteiger partial charge in [0.05, 0.1) is 0 Å². The number of hydrogen-bond acceptors (Lipinski definition) is 2. The highest BCUT2D eigenvalue weighted by atomic mass is 36.0. The van der Waals surface area contributed by atoms with E-state index in [2.05, 4.69) is 47.6 Å². The molecular formula is C16H34Cl4O2P2. The van der Waals surface area contributed by atoms with Gasteiger partial charge in [-0.05, 0) is 46.6 Å². The summed E-state index contributed by atoms with van der Waals surface area (Å²) in [6.07, 6.45) is 16.5. The molecular weight excluding hydrogens is 428 g/mol. The SMILES string of the molecule is CCCCCCCCP(=O)(Cl)CCCCCCCC.O=P(Cl)(Cl)Cl. The fraction of sp³-hybridized carbons (Fsp3) is 1.00. The highest BCUT2D eigenvalue weighted by Crippen LogP contribution is 2.61. The summed E-state index contributed by atoms with van der Waals surface area (Å²) in [6.45, 7) is 2.13. The molecule has 0 atom stereocenters. The lowest BCUT2D eigenvalue weighted by atomic mass is 10.1. The number of hydrogen-bond donors (Lipinski definition) is 0. The van der Waals surface area contributed by atoms with Gasteiger partial charge in [0.1, 0.15) is 0 Å². The number of unbranched alkanes of at least 4 members (excludes halogenated alkanes) is 10. The molecule has 0 aromatic heterocycles. The molecule has 148 valence electrons. The fourth-order valence-electron chi connectivity index (χ4n) is 2.37. The van der Waals surface area contributed by atoms with Crippen LogP contribution in [0.3, 0.4) is 0 Å². The maximum Gasteiger partial charge on any atom is 0.339 e. The minimum absolute atomic E-state index is 0.760. The number of rotatable bonds is 14. The Labute approximate surface area is 168 Å². The number of halogens is 4. The van der Waals surface area contributed by atoms with Crippen LogP contribution in [0.5, 0.6) is 0 Å². The van der Waals surface area contributed by atoms with Crippen molar-refractivity contribution in [1.82, 2.24) is 0 Å². The average molecular weight is 462 g/mol. The monoisotopic (exact) mass is 460 g/mol. The Morgan fingerprint density at radius 1 is 0.542 bits per heavy atom. The molecule has 0 amide bonds. The molecule has 2 nitrogen and oxygen atoms in total. The second-order valence-corrected chi connectivity index (χ2v) is 17.1. The molecule has 0 aliphatic heterocycles. The molecule has 0 rings (SSSR count). The van der Waals surface area contributed by atoms with Crippen LogP contribution in [0.2, 0.25) is 0 Å². The molecule has 0 radical (unpaired) electrons. The third kappa shape index (κ3) is 31.4. The summed E-state index contributed by atoms with van der Waals surface area (Å²) in [5, 5.41) is -3.22. The van der Waals surface area contributed by atoms with E-state index in [4.69, 9.17) is 11.2 Å². The summed E-state index contributed by atoms with van der Waals surface area (Å²) in [7, 11) is 0. The van der Waals surface area contributed by atoms with Gasteiger partial charge in [-0.25, -0.2) is 0 Å². The van der Waals surface area contributed by atoms with E-state index in [-0.39, 0.29) is 0 Å². The summed E-state index contributed by atoms with van der Waals surface area (Å²) < 4.78 is 21.7. The zero-order valence-corrected chi connectivity index (χ0v) is 19.9. The van der Waals surface area contributed by atoms with Gasteiger partial charge in [-0.1, -0.05) is 89.3 Å². The smallest absolute Gasteiger partial charge is 0.307 e. The lowest BCUT2D eigenvalue weighted by Crippen LogP contribution is -1.92. The van der Waals surface area contributed by atoms with E-state index >= 15 is 0 Å². The third-order valence-corrected chi connectivity index (χ3v) is 6.67. The topological polar surface area (TPSA) is 34.1 Å². The molecule has 0 aromatic carbocycles. The molecule has 0 saturated carbocycles. The molecule has 8 heteroatoms. The molecule has 0 heterocycles. The van der Waals surface area contributed by atoms with E-state index in [0.717, 1.165) is 25.2 Å². The van der Waals surface area contributed by atoms with Gasteiger partial charge < -0.3 is 4.57 Å². The van der Waals surface area contributed by atoms with Crippen LogP contribution >= 0.6 is 56.7 Å². The second kappa shape index (κ2) is 18.0. The Kier molecular flexibility index (Phi) is 20.9. The van der Waals surface area contributed by atoms with Crippen LogP contribution in [0.4, 0.5) is 0 Å². The summed E-state index contributed by atoms with van der Waals surface area (Å²) in [4.78, 5) is 0. The van der Waals surface area contributed by atoms with Crippen LogP contribution < -0.4 is 0 Å². The van der Waals surface area contributed by atoms with E-state index < -0.39 is 11.7 Å². The van der Waals surface area contributed by atoms with E-state index in [9.17, 15) is 9.13 Å². The quantitative estimate of drug-likeness (QED) is 0.190. The highest BCUT2D eigenvalue weighted by Gasteiger charge is 2.16. The van der Waals surface area contributed by atoms with Crippen molar-refractivity contribution in [2.24, 2.45) is 0 Å². The van der Waals surface area contributed by atoms with Crippen molar-refractivity contribution in [3.8, 4) is 0 Å². The van der Waals surface area contributed by atoms with Gasteiger partial charge >= 0.3 is 5.20 Å². The predicted molar refractivity (Wildman–Crippen MR) is 115 cm³/mol. The molecule has 24 heavy (non-hydrogen) atoms. The van der Waals surface area contributed by atoms with Crippen LogP contribution in [-0.2, 0) is 9.13 Å². The van der Waals surface area contributed by atoms with E-state index in [0.29, 0.717) is 0 Å². The van der Waals surface area contributed by atoms with Crippen molar-refractivity contribution >= 4 is 56.7 Å². The van der Waals surface area contributed by atoms with E-state index in [1.54, 1.807) is 0 Å². The minimum Gasteiger partial charge on any atom is -0.307 e. The van der Waals surface area contributed by atoms with Crippen molar-refractivity contribution < 1.29 is 9.13 Å². The first-order valence-electron chi connectivity index (χ1n) is 9.09. The van der Waals surface area contributed by atoms with Crippen molar-refractivity contribution in [3.63, 3.8) is 0 Å². The first-order valence-corrected chi connectivity index (χ1v) is 16.5. The van der Waals surface area contributed by atoms with Gasteiger partial charge in [0.25, 0.3) is 0 Å². The van der Waals surface area contributed by atoms with E-state index in [1.165, 1.54) is 64.2 Å². The molecule has 0 saturated heterocycles.